The van der Waals surface area contributed by atoms with E-state index in [1.54, 1.807) is 12.4 Å². The number of rotatable bonds is 7. The molecule has 10 rings (SSSR count). The van der Waals surface area contributed by atoms with Gasteiger partial charge in [0.15, 0.2) is 0 Å². The SMILES string of the molecule is O=c1[nH]cnc2[nH]c(-c3ccnc(-c4ccc(CN5CCOCC5)cc4)c3)cc12.O=c1[nH]cnc2[nH]c(-c3ccnc(-c4ccc(N5CCOCC5)cc4)c3)cc12. The van der Waals surface area contributed by atoms with E-state index in [9.17, 15) is 9.59 Å². The monoisotopic (exact) mass is 760 g/mol. The topological polar surface area (TPSA) is 174 Å². The van der Waals surface area contributed by atoms with Crippen molar-refractivity contribution in [3.05, 3.63) is 136 Å². The van der Waals surface area contributed by atoms with E-state index in [2.05, 4.69) is 98.2 Å². The maximum Gasteiger partial charge on any atom is 0.260 e. The third-order valence-electron chi connectivity index (χ3n) is 10.3. The van der Waals surface area contributed by atoms with Gasteiger partial charge >= 0.3 is 0 Å². The van der Waals surface area contributed by atoms with Gasteiger partial charge in [-0.15, -0.1) is 0 Å². The maximum atomic E-state index is 11.9. The smallest absolute Gasteiger partial charge is 0.260 e. The van der Waals surface area contributed by atoms with Crippen molar-refractivity contribution in [2.75, 3.05) is 57.5 Å². The Morgan fingerprint density at radius 3 is 1.54 bits per heavy atom. The van der Waals surface area contributed by atoms with Crippen molar-refractivity contribution in [3.8, 4) is 45.0 Å². The Bertz CT molecular complexity index is 2740. The van der Waals surface area contributed by atoms with Gasteiger partial charge in [-0.1, -0.05) is 36.4 Å². The molecule has 14 heteroatoms. The molecule has 2 aromatic carbocycles. The molecule has 2 saturated heterocycles. The lowest BCUT2D eigenvalue weighted by atomic mass is 10.1. The number of hydrogen-bond donors (Lipinski definition) is 4. The lowest BCUT2D eigenvalue weighted by molar-refractivity contribution is 0.0342. The first kappa shape index (κ1) is 35.9. The third kappa shape index (κ3) is 8.00. The highest BCUT2D eigenvalue weighted by molar-refractivity contribution is 5.84. The highest BCUT2D eigenvalue weighted by Gasteiger charge is 2.14. The van der Waals surface area contributed by atoms with Gasteiger partial charge in [-0.2, -0.15) is 0 Å². The number of ether oxygens (including phenoxy) is 2. The number of nitrogens with one attached hydrogen (secondary N) is 4. The van der Waals surface area contributed by atoms with Gasteiger partial charge in [0.2, 0.25) is 0 Å². The van der Waals surface area contributed by atoms with Crippen molar-refractivity contribution in [1.29, 1.82) is 0 Å². The fraction of sp³-hybridized carbons (Fsp3) is 0.209. The average molecular weight is 761 g/mol. The van der Waals surface area contributed by atoms with Gasteiger partial charge < -0.3 is 34.3 Å². The molecule has 8 heterocycles. The molecule has 0 radical (unpaired) electrons. The second-order valence-corrected chi connectivity index (χ2v) is 13.9. The van der Waals surface area contributed by atoms with Crippen LogP contribution in [0.2, 0.25) is 0 Å². The van der Waals surface area contributed by atoms with Crippen LogP contribution in [0.4, 0.5) is 5.69 Å². The number of benzene rings is 2. The lowest BCUT2D eigenvalue weighted by Crippen LogP contribution is -2.36. The summed E-state index contributed by atoms with van der Waals surface area (Å²) in [6.07, 6.45) is 6.37. The van der Waals surface area contributed by atoms with Gasteiger partial charge in [0.1, 0.15) is 11.3 Å². The van der Waals surface area contributed by atoms with E-state index >= 15 is 0 Å². The van der Waals surface area contributed by atoms with Crippen molar-refractivity contribution >= 4 is 27.8 Å². The van der Waals surface area contributed by atoms with Crippen LogP contribution in [0.25, 0.3) is 67.1 Å². The standard InChI is InChI=1S/C22H21N5O2.C21H19N5O2/c28-22-18-12-20(26-21(18)24-14-25-22)17-5-6-23-19(11-17)16-3-1-15(2-4-16)13-27-7-9-29-10-8-27;27-21-17-12-19(25-20(17)23-13-24-21)15-5-6-22-18(11-15)14-1-3-16(4-2-14)26-7-9-28-10-8-26/h1-6,11-12,14H,7-10,13H2,(H2,24,25,26,28);1-6,11-13H,7-10H2,(H2,23,24,25,27). The summed E-state index contributed by atoms with van der Waals surface area (Å²) in [7, 11) is 0. The molecule has 2 aliphatic heterocycles. The Balaban J connectivity index is 0.000000148. The van der Waals surface area contributed by atoms with Gasteiger partial charge in [-0.05, 0) is 54.1 Å². The van der Waals surface area contributed by atoms with Crippen LogP contribution in [0, 0.1) is 0 Å². The number of anilines is 1. The van der Waals surface area contributed by atoms with E-state index in [0.29, 0.717) is 22.1 Å². The van der Waals surface area contributed by atoms with Gasteiger partial charge in [0, 0.05) is 84.4 Å². The van der Waals surface area contributed by atoms with Crippen LogP contribution < -0.4 is 16.0 Å². The normalized spacial score (nSPS) is 14.8. The molecule has 0 amide bonds. The number of fused-ring (bicyclic) bond motifs is 2. The van der Waals surface area contributed by atoms with E-state index in [4.69, 9.17) is 9.47 Å². The summed E-state index contributed by atoms with van der Waals surface area (Å²) in [5.74, 6) is 0. The van der Waals surface area contributed by atoms with Gasteiger partial charge in [-0.3, -0.25) is 24.5 Å². The Morgan fingerprint density at radius 2 is 1.04 bits per heavy atom. The number of H-pyrrole nitrogens is 4. The summed E-state index contributed by atoms with van der Waals surface area (Å²) in [5, 5.41) is 1.10. The summed E-state index contributed by atoms with van der Waals surface area (Å²) < 4.78 is 10.8. The third-order valence-corrected chi connectivity index (χ3v) is 10.3. The average Bonchev–Trinajstić information content (AvgIpc) is 3.92. The van der Waals surface area contributed by atoms with E-state index < -0.39 is 0 Å². The minimum Gasteiger partial charge on any atom is -0.379 e. The molecule has 2 aliphatic rings. The lowest BCUT2D eigenvalue weighted by Gasteiger charge is -2.28. The molecule has 0 aliphatic carbocycles. The molecule has 6 aromatic heterocycles. The van der Waals surface area contributed by atoms with E-state index in [1.807, 2.05) is 36.4 Å². The zero-order valence-electron chi connectivity index (χ0n) is 31.1. The molecular formula is C43H40N10O4. The summed E-state index contributed by atoms with van der Waals surface area (Å²) >= 11 is 0. The molecule has 8 aromatic rings. The molecule has 57 heavy (non-hydrogen) atoms. The molecule has 0 atom stereocenters. The fourth-order valence-electron chi connectivity index (χ4n) is 7.19. The summed E-state index contributed by atoms with van der Waals surface area (Å²) in [4.78, 5) is 57.6. The second-order valence-electron chi connectivity index (χ2n) is 13.9. The molecule has 0 saturated carbocycles. The molecule has 0 bridgehead atoms. The number of pyridine rings is 2. The van der Waals surface area contributed by atoms with Crippen LogP contribution in [0.15, 0.2) is 120 Å². The number of morpholine rings is 2. The van der Waals surface area contributed by atoms with E-state index in [-0.39, 0.29) is 11.1 Å². The predicted molar refractivity (Wildman–Crippen MR) is 220 cm³/mol. The van der Waals surface area contributed by atoms with Crippen molar-refractivity contribution in [2.24, 2.45) is 0 Å². The van der Waals surface area contributed by atoms with Crippen LogP contribution in [0.1, 0.15) is 5.56 Å². The molecule has 0 unspecified atom stereocenters. The number of aromatic amines is 4. The zero-order valence-corrected chi connectivity index (χ0v) is 31.1. The van der Waals surface area contributed by atoms with Gasteiger partial charge in [0.25, 0.3) is 11.1 Å². The number of nitrogens with zero attached hydrogens (tertiary/aromatic N) is 6. The van der Waals surface area contributed by atoms with Crippen LogP contribution in [-0.2, 0) is 16.0 Å². The second kappa shape index (κ2) is 16.2. The largest absolute Gasteiger partial charge is 0.379 e. The fourth-order valence-corrected chi connectivity index (χ4v) is 7.19. The molecule has 286 valence electrons. The summed E-state index contributed by atoms with van der Waals surface area (Å²) in [6, 6.07) is 28.5. The Kier molecular flexibility index (Phi) is 10.2. The molecule has 2 fully saturated rings. The maximum absolute atomic E-state index is 11.9. The minimum absolute atomic E-state index is 0.150. The summed E-state index contributed by atoms with van der Waals surface area (Å²) in [6.45, 7) is 7.89. The Morgan fingerprint density at radius 1 is 0.544 bits per heavy atom. The van der Waals surface area contributed by atoms with Crippen LogP contribution in [0.3, 0.4) is 0 Å². The highest BCUT2D eigenvalue weighted by atomic mass is 16.5. The van der Waals surface area contributed by atoms with Gasteiger partial charge in [-0.25, -0.2) is 9.97 Å². The Labute approximate surface area is 326 Å². The van der Waals surface area contributed by atoms with Crippen LogP contribution >= 0.6 is 0 Å². The van der Waals surface area contributed by atoms with Crippen LogP contribution in [-0.4, -0.2) is 97.4 Å². The first-order valence-corrected chi connectivity index (χ1v) is 18.9. The zero-order chi connectivity index (χ0) is 38.6. The Hall–Kier alpha value is -6.74. The van der Waals surface area contributed by atoms with Crippen LogP contribution in [0.5, 0.6) is 0 Å². The first-order valence-electron chi connectivity index (χ1n) is 18.9. The minimum atomic E-state index is -0.152. The quantitative estimate of drug-likeness (QED) is 0.160. The van der Waals surface area contributed by atoms with Gasteiger partial charge in [0.05, 0.1) is 61.2 Å². The highest BCUT2D eigenvalue weighted by Crippen LogP contribution is 2.28. The number of hydrogen-bond acceptors (Lipinski definition) is 10. The van der Waals surface area contributed by atoms with Crippen molar-refractivity contribution in [3.63, 3.8) is 0 Å². The van der Waals surface area contributed by atoms with Crippen molar-refractivity contribution < 1.29 is 9.47 Å². The van der Waals surface area contributed by atoms with E-state index in [0.717, 1.165) is 104 Å². The predicted octanol–water partition coefficient (Wildman–Crippen LogP) is 5.63. The number of aromatic nitrogens is 8. The van der Waals surface area contributed by atoms with Crippen molar-refractivity contribution in [1.82, 2.24) is 44.8 Å². The van der Waals surface area contributed by atoms with E-state index in [1.165, 1.54) is 23.9 Å². The summed E-state index contributed by atoms with van der Waals surface area (Å²) in [5.41, 5.74) is 10.8. The molecule has 0 spiro atoms. The van der Waals surface area contributed by atoms with Crippen molar-refractivity contribution in [2.45, 2.75) is 6.54 Å². The first-order chi connectivity index (χ1) is 28.0. The molecule has 14 nitrogen and oxygen atoms in total. The molecular weight excluding hydrogens is 721 g/mol. The molecule has 4 N–H and O–H groups in total.